The van der Waals surface area contributed by atoms with Gasteiger partial charge in [-0.15, -0.1) is 0 Å². The zero-order chi connectivity index (χ0) is 13.7. The number of aromatic nitrogens is 2. The molecule has 0 saturated heterocycles. The molecule has 0 fully saturated rings. The number of carbonyl (C=O) groups excluding carboxylic acids is 1. The lowest BCUT2D eigenvalue weighted by atomic mass is 10.2. The van der Waals surface area contributed by atoms with Crippen molar-refractivity contribution in [2.75, 3.05) is 5.32 Å². The smallest absolute Gasteiger partial charge is 0.354 e. The normalized spacial score (nSPS) is 9.89. The second-order valence-corrected chi connectivity index (χ2v) is 3.82. The van der Waals surface area contributed by atoms with Gasteiger partial charge in [-0.25, -0.2) is 9.78 Å². The summed E-state index contributed by atoms with van der Waals surface area (Å²) in [6.45, 7) is 0. The molecule has 0 saturated carbocycles. The number of aromatic carboxylic acids is 1. The molecule has 6 nitrogen and oxygen atoms in total. The Kier molecular flexibility index (Phi) is 3.82. The molecule has 96 valence electrons. The van der Waals surface area contributed by atoms with Crippen LogP contribution >= 0.6 is 0 Å². The van der Waals surface area contributed by atoms with Gasteiger partial charge in [0.15, 0.2) is 0 Å². The van der Waals surface area contributed by atoms with E-state index in [1.165, 1.54) is 18.3 Å². The third-order valence-electron chi connectivity index (χ3n) is 2.38. The number of carbonyl (C=O) groups is 2. The van der Waals surface area contributed by atoms with E-state index in [1.54, 1.807) is 24.5 Å². The number of carboxylic acids is 1. The van der Waals surface area contributed by atoms with Crippen molar-refractivity contribution in [3.05, 3.63) is 54.1 Å². The SMILES string of the molecule is O=C(Cc1ccncc1)Nc1ccnc(C(=O)O)c1. The number of pyridine rings is 2. The molecule has 0 bridgehead atoms. The van der Waals surface area contributed by atoms with Crippen molar-refractivity contribution >= 4 is 17.6 Å². The van der Waals surface area contributed by atoms with E-state index >= 15 is 0 Å². The summed E-state index contributed by atoms with van der Waals surface area (Å²) in [5.74, 6) is -1.36. The van der Waals surface area contributed by atoms with Crippen LogP contribution in [0.25, 0.3) is 0 Å². The first-order valence-corrected chi connectivity index (χ1v) is 5.53. The highest BCUT2D eigenvalue weighted by atomic mass is 16.4. The van der Waals surface area contributed by atoms with Gasteiger partial charge in [0.05, 0.1) is 6.42 Å². The van der Waals surface area contributed by atoms with Crippen molar-refractivity contribution in [3.63, 3.8) is 0 Å². The van der Waals surface area contributed by atoms with Gasteiger partial charge in [0.1, 0.15) is 5.69 Å². The fourth-order valence-corrected chi connectivity index (χ4v) is 1.52. The fraction of sp³-hybridized carbons (Fsp3) is 0.0769. The zero-order valence-corrected chi connectivity index (χ0v) is 9.91. The van der Waals surface area contributed by atoms with Crippen molar-refractivity contribution in [1.82, 2.24) is 9.97 Å². The summed E-state index contributed by atoms with van der Waals surface area (Å²) in [5, 5.41) is 11.4. The molecule has 0 aliphatic rings. The highest BCUT2D eigenvalue weighted by Gasteiger charge is 2.08. The number of carboxylic acid groups (broad SMARTS) is 1. The van der Waals surface area contributed by atoms with Gasteiger partial charge in [0, 0.05) is 24.3 Å². The van der Waals surface area contributed by atoms with Crippen LogP contribution in [0.5, 0.6) is 0 Å². The molecule has 0 aliphatic heterocycles. The van der Waals surface area contributed by atoms with Crippen LogP contribution in [0.4, 0.5) is 5.69 Å². The van der Waals surface area contributed by atoms with Gasteiger partial charge in [0.2, 0.25) is 5.91 Å². The molecule has 2 N–H and O–H groups in total. The third-order valence-corrected chi connectivity index (χ3v) is 2.38. The summed E-state index contributed by atoms with van der Waals surface area (Å²) >= 11 is 0. The number of nitrogens with one attached hydrogen (secondary N) is 1. The van der Waals surface area contributed by atoms with Crippen LogP contribution in [-0.4, -0.2) is 27.0 Å². The molecule has 0 spiro atoms. The van der Waals surface area contributed by atoms with E-state index in [1.807, 2.05) is 0 Å². The number of rotatable bonds is 4. The average molecular weight is 257 g/mol. The molecular weight excluding hydrogens is 246 g/mol. The predicted octanol–water partition coefficient (Wildman–Crippen LogP) is 1.36. The second-order valence-electron chi connectivity index (χ2n) is 3.82. The Morgan fingerprint density at radius 1 is 1.16 bits per heavy atom. The van der Waals surface area contributed by atoms with Crippen LogP contribution in [0, 0.1) is 0 Å². The number of hydrogen-bond donors (Lipinski definition) is 2. The van der Waals surface area contributed by atoms with E-state index in [0.717, 1.165) is 5.56 Å². The quantitative estimate of drug-likeness (QED) is 0.862. The van der Waals surface area contributed by atoms with Gasteiger partial charge in [0.25, 0.3) is 0 Å². The minimum atomic E-state index is -1.13. The number of hydrogen-bond acceptors (Lipinski definition) is 4. The van der Waals surface area contributed by atoms with E-state index in [-0.39, 0.29) is 18.0 Å². The standard InChI is InChI=1S/C13H11N3O3/c17-12(7-9-1-4-14-5-2-9)16-10-3-6-15-11(8-10)13(18)19/h1-6,8H,7H2,(H,18,19)(H,15,16,17). The lowest BCUT2D eigenvalue weighted by Crippen LogP contribution is -2.15. The van der Waals surface area contributed by atoms with Crippen LogP contribution in [0.15, 0.2) is 42.9 Å². The van der Waals surface area contributed by atoms with E-state index < -0.39 is 5.97 Å². The summed E-state index contributed by atoms with van der Waals surface area (Å²) < 4.78 is 0. The lowest BCUT2D eigenvalue weighted by molar-refractivity contribution is -0.115. The van der Waals surface area contributed by atoms with Crippen LogP contribution in [0.3, 0.4) is 0 Å². The van der Waals surface area contributed by atoms with Gasteiger partial charge >= 0.3 is 5.97 Å². The molecule has 2 rings (SSSR count). The maximum absolute atomic E-state index is 11.8. The first kappa shape index (κ1) is 12.7. The Morgan fingerprint density at radius 2 is 1.89 bits per heavy atom. The minimum absolute atomic E-state index is 0.110. The molecule has 0 radical (unpaired) electrons. The molecule has 2 aromatic rings. The summed E-state index contributed by atoms with van der Waals surface area (Å²) in [6, 6.07) is 6.34. The largest absolute Gasteiger partial charge is 0.477 e. The monoisotopic (exact) mass is 257 g/mol. The highest BCUT2D eigenvalue weighted by Crippen LogP contribution is 2.09. The van der Waals surface area contributed by atoms with Gasteiger partial charge < -0.3 is 10.4 Å². The summed E-state index contributed by atoms with van der Waals surface area (Å²) in [4.78, 5) is 30.0. The van der Waals surface area contributed by atoms with Gasteiger partial charge in [-0.3, -0.25) is 9.78 Å². The number of anilines is 1. The molecule has 19 heavy (non-hydrogen) atoms. The fourth-order valence-electron chi connectivity index (χ4n) is 1.52. The van der Waals surface area contributed by atoms with Crippen molar-refractivity contribution < 1.29 is 14.7 Å². The Hall–Kier alpha value is -2.76. The first-order valence-electron chi connectivity index (χ1n) is 5.53. The Labute approximate surface area is 109 Å². The van der Waals surface area contributed by atoms with E-state index in [4.69, 9.17) is 5.11 Å². The predicted molar refractivity (Wildman–Crippen MR) is 67.8 cm³/mol. The van der Waals surface area contributed by atoms with Crippen LogP contribution in [0.2, 0.25) is 0 Å². The first-order chi connectivity index (χ1) is 9.15. The molecule has 0 aromatic carbocycles. The van der Waals surface area contributed by atoms with Crippen molar-refractivity contribution in [2.24, 2.45) is 0 Å². The van der Waals surface area contributed by atoms with Crippen molar-refractivity contribution in [3.8, 4) is 0 Å². The molecular formula is C13H11N3O3. The number of amides is 1. The summed E-state index contributed by atoms with van der Waals surface area (Å²) in [6.07, 6.45) is 4.76. The number of nitrogens with zero attached hydrogens (tertiary/aromatic N) is 2. The van der Waals surface area contributed by atoms with Gasteiger partial charge in [-0.2, -0.15) is 0 Å². The molecule has 1 amide bonds. The summed E-state index contributed by atoms with van der Waals surface area (Å²) in [7, 11) is 0. The van der Waals surface area contributed by atoms with Crippen LogP contribution in [-0.2, 0) is 11.2 Å². The van der Waals surface area contributed by atoms with Crippen molar-refractivity contribution in [2.45, 2.75) is 6.42 Å². The molecule has 6 heteroatoms. The van der Waals surface area contributed by atoms with Crippen LogP contribution in [0.1, 0.15) is 16.1 Å². The van der Waals surface area contributed by atoms with E-state index in [9.17, 15) is 9.59 Å². The second kappa shape index (κ2) is 5.72. The topological polar surface area (TPSA) is 92.2 Å². The maximum atomic E-state index is 11.8. The molecule has 2 aromatic heterocycles. The molecule has 0 atom stereocenters. The summed E-state index contributed by atoms with van der Waals surface area (Å²) in [5.41, 5.74) is 1.13. The Balaban J connectivity index is 2.03. The Morgan fingerprint density at radius 3 is 2.58 bits per heavy atom. The molecule has 2 heterocycles. The van der Waals surface area contributed by atoms with Crippen LogP contribution < -0.4 is 5.32 Å². The van der Waals surface area contributed by atoms with Gasteiger partial charge in [-0.1, -0.05) is 0 Å². The average Bonchev–Trinajstić information content (AvgIpc) is 2.40. The molecule has 0 aliphatic carbocycles. The van der Waals surface area contributed by atoms with Gasteiger partial charge in [-0.05, 0) is 29.8 Å². The van der Waals surface area contributed by atoms with E-state index in [2.05, 4.69) is 15.3 Å². The highest BCUT2D eigenvalue weighted by molar-refractivity contribution is 5.93. The minimum Gasteiger partial charge on any atom is -0.477 e. The lowest BCUT2D eigenvalue weighted by Gasteiger charge is -2.05. The van der Waals surface area contributed by atoms with Crippen molar-refractivity contribution in [1.29, 1.82) is 0 Å². The third kappa shape index (κ3) is 3.60. The Bertz CT molecular complexity index is 599. The van der Waals surface area contributed by atoms with E-state index in [0.29, 0.717) is 5.69 Å². The molecule has 0 unspecified atom stereocenters. The maximum Gasteiger partial charge on any atom is 0.354 e. The zero-order valence-electron chi connectivity index (χ0n) is 9.91.